The van der Waals surface area contributed by atoms with Gasteiger partial charge in [-0.3, -0.25) is 14.5 Å². The summed E-state index contributed by atoms with van der Waals surface area (Å²) in [5.41, 5.74) is 0.331. The van der Waals surface area contributed by atoms with Crippen molar-refractivity contribution in [1.82, 2.24) is 4.90 Å². The van der Waals surface area contributed by atoms with Crippen molar-refractivity contribution < 1.29 is 24.9 Å². The van der Waals surface area contributed by atoms with Crippen molar-refractivity contribution >= 4 is 11.8 Å². The van der Waals surface area contributed by atoms with E-state index < -0.39 is 6.10 Å². The molecular weight excluding hydrogens is 238 g/mol. The van der Waals surface area contributed by atoms with E-state index in [9.17, 15) is 19.8 Å². The van der Waals surface area contributed by atoms with Gasteiger partial charge in [0.15, 0.2) is 11.5 Å². The molecule has 3 N–H and O–H groups in total. The summed E-state index contributed by atoms with van der Waals surface area (Å²) in [6.07, 6.45) is -0.735. The Morgan fingerprint density at radius 2 is 1.72 bits per heavy atom. The van der Waals surface area contributed by atoms with Crippen LogP contribution in [0.1, 0.15) is 24.5 Å². The second kappa shape index (κ2) is 4.66. The highest BCUT2D eigenvalue weighted by atomic mass is 16.3. The highest BCUT2D eigenvalue weighted by Crippen LogP contribution is 2.28. The highest BCUT2D eigenvalue weighted by Gasteiger charge is 2.30. The Labute approximate surface area is 103 Å². The molecule has 1 aliphatic heterocycles. The fourth-order valence-corrected chi connectivity index (χ4v) is 1.85. The summed E-state index contributed by atoms with van der Waals surface area (Å²) in [7, 11) is 0. The van der Waals surface area contributed by atoms with Gasteiger partial charge in [0.25, 0.3) is 0 Å². The molecule has 0 saturated carbocycles. The number of aromatic hydroxyl groups is 2. The number of carbonyl (C=O) groups excluding carboxylic acids is 2. The number of phenolic OH excluding ortho intramolecular Hbond substituents is 2. The smallest absolute Gasteiger partial charge is 0.229 e. The molecule has 1 aliphatic rings. The average molecular weight is 251 g/mol. The van der Waals surface area contributed by atoms with Crippen LogP contribution in [-0.4, -0.2) is 38.6 Å². The second-order valence-electron chi connectivity index (χ2n) is 4.16. The Kier molecular flexibility index (Phi) is 3.20. The zero-order valence-electron chi connectivity index (χ0n) is 9.54. The van der Waals surface area contributed by atoms with E-state index in [4.69, 9.17) is 5.11 Å². The number of β-amino-alcohol motifs (C(OH)–C–C–N with tert-alkyl or cyclic N) is 1. The number of carbonyl (C=O) groups is 2. The molecule has 2 rings (SSSR count). The number of hydrogen-bond acceptors (Lipinski definition) is 5. The Bertz CT molecular complexity index is 483. The minimum absolute atomic E-state index is 0.137. The van der Waals surface area contributed by atoms with Crippen LogP contribution in [0.3, 0.4) is 0 Å². The summed E-state index contributed by atoms with van der Waals surface area (Å²) >= 11 is 0. The number of phenols is 2. The Morgan fingerprint density at radius 1 is 1.11 bits per heavy atom. The molecule has 1 saturated heterocycles. The summed E-state index contributed by atoms with van der Waals surface area (Å²) in [4.78, 5) is 23.8. The summed E-state index contributed by atoms with van der Waals surface area (Å²) in [6.45, 7) is -0.137. The van der Waals surface area contributed by atoms with Gasteiger partial charge in [0.1, 0.15) is 0 Å². The van der Waals surface area contributed by atoms with E-state index in [-0.39, 0.29) is 42.7 Å². The molecule has 0 bridgehead atoms. The predicted molar refractivity (Wildman–Crippen MR) is 60.7 cm³/mol. The molecule has 1 aromatic rings. The molecule has 1 unspecified atom stereocenters. The maximum absolute atomic E-state index is 11.4. The lowest BCUT2D eigenvalue weighted by Crippen LogP contribution is -2.33. The summed E-state index contributed by atoms with van der Waals surface area (Å²) in [5.74, 6) is -1.26. The van der Waals surface area contributed by atoms with Gasteiger partial charge in [-0.2, -0.15) is 0 Å². The maximum atomic E-state index is 11.4. The standard InChI is InChI=1S/C12H13NO5/c14-8-2-1-7(5-9(8)15)10(16)6-13-11(17)3-4-12(13)18/h1-2,5,10,14-16H,3-4,6H2. The minimum Gasteiger partial charge on any atom is -0.504 e. The van der Waals surface area contributed by atoms with Gasteiger partial charge in [0.2, 0.25) is 11.8 Å². The van der Waals surface area contributed by atoms with E-state index >= 15 is 0 Å². The van der Waals surface area contributed by atoms with E-state index in [0.29, 0.717) is 5.56 Å². The van der Waals surface area contributed by atoms with Crippen LogP contribution in [0.5, 0.6) is 11.5 Å². The Morgan fingerprint density at radius 3 is 2.28 bits per heavy atom. The zero-order valence-corrected chi connectivity index (χ0v) is 9.54. The Hall–Kier alpha value is -2.08. The molecule has 96 valence electrons. The fourth-order valence-electron chi connectivity index (χ4n) is 1.85. The molecule has 1 atom stereocenters. The van der Waals surface area contributed by atoms with Crippen LogP contribution in [0.2, 0.25) is 0 Å². The average Bonchev–Trinajstić information content (AvgIpc) is 2.64. The number of rotatable bonds is 3. The molecule has 1 aromatic carbocycles. The molecule has 0 aromatic heterocycles. The number of aliphatic hydroxyl groups is 1. The monoisotopic (exact) mass is 251 g/mol. The van der Waals surface area contributed by atoms with Gasteiger partial charge < -0.3 is 15.3 Å². The van der Waals surface area contributed by atoms with Crippen molar-refractivity contribution in [3.05, 3.63) is 23.8 Å². The number of imide groups is 1. The van der Waals surface area contributed by atoms with Crippen molar-refractivity contribution in [2.24, 2.45) is 0 Å². The molecule has 6 heteroatoms. The number of amides is 2. The van der Waals surface area contributed by atoms with Gasteiger partial charge in [-0.1, -0.05) is 6.07 Å². The minimum atomic E-state index is -1.08. The fraction of sp³-hybridized carbons (Fsp3) is 0.333. The third-order valence-corrected chi connectivity index (χ3v) is 2.89. The van der Waals surface area contributed by atoms with E-state index in [1.165, 1.54) is 18.2 Å². The van der Waals surface area contributed by atoms with Crippen molar-refractivity contribution in [1.29, 1.82) is 0 Å². The first kappa shape index (κ1) is 12.4. The lowest BCUT2D eigenvalue weighted by atomic mass is 10.1. The topological polar surface area (TPSA) is 98.1 Å². The van der Waals surface area contributed by atoms with E-state index in [0.717, 1.165) is 4.90 Å². The summed E-state index contributed by atoms with van der Waals surface area (Å²) in [6, 6.07) is 3.86. The van der Waals surface area contributed by atoms with Crippen molar-refractivity contribution in [2.75, 3.05) is 6.54 Å². The second-order valence-corrected chi connectivity index (χ2v) is 4.16. The molecule has 1 heterocycles. The molecule has 1 fully saturated rings. The van der Waals surface area contributed by atoms with Crippen LogP contribution in [0.25, 0.3) is 0 Å². The van der Waals surface area contributed by atoms with Crippen LogP contribution in [0.4, 0.5) is 0 Å². The maximum Gasteiger partial charge on any atom is 0.229 e. The molecule has 2 amide bonds. The SMILES string of the molecule is O=C1CCC(=O)N1CC(O)c1ccc(O)c(O)c1. The number of benzene rings is 1. The van der Waals surface area contributed by atoms with Gasteiger partial charge in [0.05, 0.1) is 12.6 Å². The van der Waals surface area contributed by atoms with Gasteiger partial charge in [-0.15, -0.1) is 0 Å². The van der Waals surface area contributed by atoms with Crippen molar-refractivity contribution in [3.8, 4) is 11.5 Å². The lowest BCUT2D eigenvalue weighted by Gasteiger charge is -2.18. The number of nitrogens with zero attached hydrogens (tertiary/aromatic N) is 1. The molecular formula is C12H13NO5. The molecule has 0 radical (unpaired) electrons. The van der Waals surface area contributed by atoms with Gasteiger partial charge in [-0.25, -0.2) is 0 Å². The normalized spacial score (nSPS) is 17.3. The molecule has 0 spiro atoms. The summed E-state index contributed by atoms with van der Waals surface area (Å²) < 4.78 is 0. The zero-order chi connectivity index (χ0) is 13.3. The quantitative estimate of drug-likeness (QED) is 0.529. The predicted octanol–water partition coefficient (Wildman–Crippen LogP) is 0.280. The van der Waals surface area contributed by atoms with E-state index in [2.05, 4.69) is 0 Å². The first-order valence-corrected chi connectivity index (χ1v) is 5.52. The lowest BCUT2D eigenvalue weighted by molar-refractivity contribution is -0.140. The third kappa shape index (κ3) is 2.28. The third-order valence-electron chi connectivity index (χ3n) is 2.89. The van der Waals surface area contributed by atoms with Crippen LogP contribution in [-0.2, 0) is 9.59 Å². The summed E-state index contributed by atoms with van der Waals surface area (Å²) in [5, 5.41) is 28.3. The van der Waals surface area contributed by atoms with Crippen LogP contribution in [0.15, 0.2) is 18.2 Å². The highest BCUT2D eigenvalue weighted by molar-refractivity contribution is 6.01. The van der Waals surface area contributed by atoms with Crippen LogP contribution >= 0.6 is 0 Å². The first-order chi connectivity index (χ1) is 8.49. The number of aliphatic hydroxyl groups excluding tert-OH is 1. The van der Waals surface area contributed by atoms with E-state index in [1.54, 1.807) is 0 Å². The van der Waals surface area contributed by atoms with Crippen molar-refractivity contribution in [2.45, 2.75) is 18.9 Å². The Balaban J connectivity index is 2.11. The van der Waals surface area contributed by atoms with Crippen LogP contribution in [0, 0.1) is 0 Å². The number of likely N-dealkylation sites (tertiary alicyclic amines) is 1. The molecule has 18 heavy (non-hydrogen) atoms. The first-order valence-electron chi connectivity index (χ1n) is 5.52. The van der Waals surface area contributed by atoms with Crippen molar-refractivity contribution in [3.63, 3.8) is 0 Å². The largest absolute Gasteiger partial charge is 0.504 e. The van der Waals surface area contributed by atoms with Gasteiger partial charge in [-0.05, 0) is 17.7 Å². The molecule has 0 aliphatic carbocycles. The molecule has 6 nitrogen and oxygen atoms in total. The number of hydrogen-bond donors (Lipinski definition) is 3. The van der Waals surface area contributed by atoms with Gasteiger partial charge >= 0.3 is 0 Å². The van der Waals surface area contributed by atoms with Crippen LogP contribution < -0.4 is 0 Å². The van der Waals surface area contributed by atoms with Gasteiger partial charge in [0, 0.05) is 12.8 Å². The van der Waals surface area contributed by atoms with E-state index in [1.807, 2.05) is 0 Å².